The largest absolute Gasteiger partial charge is 0.481 e. The second-order valence-electron chi connectivity index (χ2n) is 8.35. The highest BCUT2D eigenvalue weighted by molar-refractivity contribution is 6.05. The van der Waals surface area contributed by atoms with Crippen LogP contribution in [0.4, 0.5) is 0 Å². The van der Waals surface area contributed by atoms with Crippen LogP contribution in [0.5, 0.6) is 11.8 Å². The third-order valence-corrected chi connectivity index (χ3v) is 6.38. The maximum atomic E-state index is 13.4. The summed E-state index contributed by atoms with van der Waals surface area (Å²) >= 11 is 0. The summed E-state index contributed by atoms with van der Waals surface area (Å²) in [6.07, 6.45) is 5.58. The van der Waals surface area contributed by atoms with Gasteiger partial charge in [-0.05, 0) is 35.9 Å². The van der Waals surface area contributed by atoms with Crippen molar-refractivity contribution in [2.75, 3.05) is 14.2 Å². The van der Waals surface area contributed by atoms with E-state index in [4.69, 9.17) is 9.47 Å². The zero-order chi connectivity index (χ0) is 24.3. The first-order chi connectivity index (χ1) is 17.0. The molecule has 0 aliphatic heterocycles. The predicted octanol–water partition coefficient (Wildman–Crippen LogP) is 3.84. The Balaban J connectivity index is 1.65. The molecule has 0 fully saturated rings. The number of benzene rings is 1. The molecule has 0 atom stereocenters. The molecule has 0 radical (unpaired) electrons. The van der Waals surface area contributed by atoms with E-state index >= 15 is 0 Å². The van der Waals surface area contributed by atoms with E-state index < -0.39 is 0 Å². The molecule has 0 spiro atoms. The highest BCUT2D eigenvalue weighted by Crippen LogP contribution is 2.32. The van der Waals surface area contributed by atoms with Crippen molar-refractivity contribution in [3.8, 4) is 28.6 Å². The van der Waals surface area contributed by atoms with Crippen LogP contribution in [0, 0.1) is 0 Å². The summed E-state index contributed by atoms with van der Waals surface area (Å²) in [6.45, 7) is 0. The quantitative estimate of drug-likeness (QED) is 0.392. The molecule has 174 valence electrons. The minimum Gasteiger partial charge on any atom is -0.481 e. The van der Waals surface area contributed by atoms with Gasteiger partial charge in [-0.25, -0.2) is 9.78 Å². The molecular formula is C26H22N6O3. The van der Waals surface area contributed by atoms with Crippen LogP contribution in [0.15, 0.2) is 65.8 Å². The molecule has 35 heavy (non-hydrogen) atoms. The van der Waals surface area contributed by atoms with Gasteiger partial charge in [0.25, 0.3) is 0 Å². The summed E-state index contributed by atoms with van der Waals surface area (Å²) in [6, 6.07) is 13.7. The number of rotatable bonds is 4. The first kappa shape index (κ1) is 20.9. The fourth-order valence-electron chi connectivity index (χ4n) is 4.56. The Morgan fingerprint density at radius 2 is 1.74 bits per heavy atom. The molecular weight excluding hydrogens is 444 g/mol. The van der Waals surface area contributed by atoms with Crippen molar-refractivity contribution in [2.45, 2.75) is 0 Å². The lowest BCUT2D eigenvalue weighted by Gasteiger charge is -2.11. The van der Waals surface area contributed by atoms with Gasteiger partial charge in [0.15, 0.2) is 0 Å². The van der Waals surface area contributed by atoms with Crippen LogP contribution in [0.1, 0.15) is 0 Å². The van der Waals surface area contributed by atoms with Gasteiger partial charge in [-0.2, -0.15) is 4.98 Å². The molecule has 0 unspecified atom stereocenters. The van der Waals surface area contributed by atoms with Crippen molar-refractivity contribution in [1.82, 2.24) is 28.7 Å². The normalized spacial score (nSPS) is 11.5. The van der Waals surface area contributed by atoms with E-state index in [1.807, 2.05) is 42.2 Å². The summed E-state index contributed by atoms with van der Waals surface area (Å²) < 4.78 is 15.9. The van der Waals surface area contributed by atoms with E-state index in [0.29, 0.717) is 23.0 Å². The Morgan fingerprint density at radius 1 is 0.886 bits per heavy atom. The molecule has 0 saturated heterocycles. The first-order valence-electron chi connectivity index (χ1n) is 11.0. The molecule has 0 saturated carbocycles. The molecule has 6 rings (SSSR count). The van der Waals surface area contributed by atoms with Crippen LogP contribution in [0.3, 0.4) is 0 Å². The monoisotopic (exact) mass is 466 g/mol. The number of imidazole rings is 1. The van der Waals surface area contributed by atoms with Gasteiger partial charge < -0.3 is 14.0 Å². The van der Waals surface area contributed by atoms with Crippen LogP contribution in [0.25, 0.3) is 49.8 Å². The fraction of sp³-hybridized carbons (Fsp3) is 0.154. The van der Waals surface area contributed by atoms with Crippen LogP contribution < -0.4 is 15.2 Å². The summed E-state index contributed by atoms with van der Waals surface area (Å²) in [4.78, 5) is 27.1. The molecule has 0 amide bonds. The van der Waals surface area contributed by atoms with E-state index in [-0.39, 0.29) is 5.69 Å². The molecule has 1 aromatic carbocycles. The summed E-state index contributed by atoms with van der Waals surface area (Å²) in [5, 5.41) is 1.90. The number of hydrogen-bond acceptors (Lipinski definition) is 6. The maximum absolute atomic E-state index is 13.4. The number of ether oxygens (including phenoxy) is 2. The Labute approximate surface area is 199 Å². The van der Waals surface area contributed by atoms with E-state index in [9.17, 15) is 4.79 Å². The average Bonchev–Trinajstić information content (AvgIpc) is 3.39. The Bertz CT molecular complexity index is 1830. The predicted molar refractivity (Wildman–Crippen MR) is 134 cm³/mol. The molecule has 9 heteroatoms. The smallest absolute Gasteiger partial charge is 0.333 e. The van der Waals surface area contributed by atoms with Crippen molar-refractivity contribution in [3.63, 3.8) is 0 Å². The lowest BCUT2D eigenvalue weighted by Crippen LogP contribution is -2.21. The van der Waals surface area contributed by atoms with E-state index in [1.165, 1.54) is 14.2 Å². The highest BCUT2D eigenvalue weighted by atomic mass is 16.5. The number of nitrogens with zero attached hydrogens (tertiary/aromatic N) is 6. The first-order valence-corrected chi connectivity index (χ1v) is 11.0. The molecule has 5 heterocycles. The Hall–Kier alpha value is -4.66. The van der Waals surface area contributed by atoms with Crippen molar-refractivity contribution in [2.24, 2.45) is 14.1 Å². The number of aromatic nitrogens is 6. The van der Waals surface area contributed by atoms with E-state index in [1.54, 1.807) is 34.5 Å². The second-order valence-corrected chi connectivity index (χ2v) is 8.35. The number of methoxy groups -OCH3 is 2. The van der Waals surface area contributed by atoms with Crippen molar-refractivity contribution < 1.29 is 9.47 Å². The molecule has 0 aliphatic carbocycles. The van der Waals surface area contributed by atoms with Crippen molar-refractivity contribution in [3.05, 3.63) is 71.5 Å². The zero-order valence-electron chi connectivity index (χ0n) is 19.7. The standard InChI is InChI=1S/C26H22N6O3/c1-30-10-9-16-11-17(13-28-24(16)30)15-5-6-19-18(12-15)23-21(14-27-19)31(2)26(33)32(23)20-7-8-22(34-3)29-25(20)35-4/h5-14H,1-4H3. The molecule has 5 aromatic heterocycles. The third kappa shape index (κ3) is 3.08. The highest BCUT2D eigenvalue weighted by Gasteiger charge is 2.20. The average molecular weight is 467 g/mol. The minimum atomic E-state index is -0.225. The van der Waals surface area contributed by atoms with Crippen LogP contribution >= 0.6 is 0 Å². The minimum absolute atomic E-state index is 0.225. The molecule has 0 N–H and O–H groups in total. The SMILES string of the molecule is COc1ccc(-n2c(=O)n(C)c3cnc4ccc(-c5cnc6c(ccn6C)c5)cc4c32)c(OC)n1. The van der Waals surface area contributed by atoms with Gasteiger partial charge in [0, 0.05) is 48.9 Å². The number of pyridine rings is 3. The van der Waals surface area contributed by atoms with Gasteiger partial charge in [-0.3, -0.25) is 14.1 Å². The number of fused-ring (bicyclic) bond motifs is 4. The number of hydrogen-bond donors (Lipinski definition) is 0. The van der Waals surface area contributed by atoms with Gasteiger partial charge >= 0.3 is 5.69 Å². The van der Waals surface area contributed by atoms with Gasteiger partial charge in [0.1, 0.15) is 11.3 Å². The van der Waals surface area contributed by atoms with Crippen LogP contribution in [-0.4, -0.2) is 42.9 Å². The third-order valence-electron chi connectivity index (χ3n) is 6.38. The van der Waals surface area contributed by atoms with E-state index in [0.717, 1.165) is 38.6 Å². The van der Waals surface area contributed by atoms with E-state index in [2.05, 4.69) is 27.1 Å². The fourth-order valence-corrected chi connectivity index (χ4v) is 4.56. The van der Waals surface area contributed by atoms with Crippen LogP contribution in [-0.2, 0) is 14.1 Å². The summed E-state index contributed by atoms with van der Waals surface area (Å²) in [5.41, 5.74) is 5.39. The second kappa shape index (κ2) is 7.69. The Morgan fingerprint density at radius 3 is 2.54 bits per heavy atom. The van der Waals surface area contributed by atoms with Crippen LogP contribution in [0.2, 0.25) is 0 Å². The lowest BCUT2D eigenvalue weighted by molar-refractivity contribution is 0.363. The Kier molecular flexibility index (Phi) is 4.60. The molecule has 6 aromatic rings. The number of aryl methyl sites for hydroxylation is 2. The zero-order valence-corrected chi connectivity index (χ0v) is 19.7. The lowest BCUT2D eigenvalue weighted by atomic mass is 10.0. The maximum Gasteiger partial charge on any atom is 0.333 e. The van der Waals surface area contributed by atoms with Gasteiger partial charge in [-0.15, -0.1) is 0 Å². The topological polar surface area (TPSA) is 89.0 Å². The molecule has 0 aliphatic rings. The summed E-state index contributed by atoms with van der Waals surface area (Å²) in [7, 11) is 6.76. The van der Waals surface area contributed by atoms with Gasteiger partial charge in [0.05, 0.1) is 37.0 Å². The van der Waals surface area contributed by atoms with Gasteiger partial charge in [-0.1, -0.05) is 6.07 Å². The molecule has 0 bridgehead atoms. The summed E-state index contributed by atoms with van der Waals surface area (Å²) in [5.74, 6) is 0.690. The van der Waals surface area contributed by atoms with Crippen molar-refractivity contribution >= 4 is 33.0 Å². The van der Waals surface area contributed by atoms with Gasteiger partial charge in [0.2, 0.25) is 11.8 Å². The van der Waals surface area contributed by atoms with Crippen molar-refractivity contribution in [1.29, 1.82) is 0 Å². The molecule has 9 nitrogen and oxygen atoms in total.